The Labute approximate surface area is 159 Å². The van der Waals surface area contributed by atoms with Crippen molar-refractivity contribution in [2.45, 2.75) is 6.92 Å². The van der Waals surface area contributed by atoms with Crippen molar-refractivity contribution in [3.8, 4) is 22.9 Å². The predicted octanol–water partition coefficient (Wildman–Crippen LogP) is 4.34. The molecule has 0 bridgehead atoms. The highest BCUT2D eigenvalue weighted by Gasteiger charge is 2.06. The van der Waals surface area contributed by atoms with Gasteiger partial charge in [-0.15, -0.1) is 0 Å². The van der Waals surface area contributed by atoms with Crippen molar-refractivity contribution in [3.05, 3.63) is 89.5 Å². The van der Waals surface area contributed by atoms with E-state index in [1.165, 1.54) is 5.56 Å². The molecule has 1 amide bonds. The fourth-order valence-corrected chi connectivity index (χ4v) is 2.79. The highest BCUT2D eigenvalue weighted by molar-refractivity contribution is 5.94. The SMILES string of the molecule is Cc1ccccc1-c1ccc(C(=O)NCCOc2cccc(C#N)c2)cc1. The van der Waals surface area contributed by atoms with E-state index in [0.717, 1.165) is 11.1 Å². The normalized spacial score (nSPS) is 10.1. The maximum atomic E-state index is 12.3. The number of ether oxygens (including phenoxy) is 1. The van der Waals surface area contributed by atoms with Gasteiger partial charge in [-0.25, -0.2) is 0 Å². The van der Waals surface area contributed by atoms with E-state index in [2.05, 4.69) is 30.4 Å². The topological polar surface area (TPSA) is 62.1 Å². The zero-order valence-electron chi connectivity index (χ0n) is 15.1. The van der Waals surface area contributed by atoms with Crippen LogP contribution < -0.4 is 10.1 Å². The van der Waals surface area contributed by atoms with Crippen molar-refractivity contribution in [1.29, 1.82) is 5.26 Å². The summed E-state index contributed by atoms with van der Waals surface area (Å²) in [4.78, 5) is 12.3. The average Bonchev–Trinajstić information content (AvgIpc) is 2.72. The van der Waals surface area contributed by atoms with Crippen LogP contribution in [0.1, 0.15) is 21.5 Å². The Morgan fingerprint density at radius 2 is 1.81 bits per heavy atom. The van der Waals surface area contributed by atoms with Crippen molar-refractivity contribution in [1.82, 2.24) is 5.32 Å². The maximum Gasteiger partial charge on any atom is 0.251 e. The van der Waals surface area contributed by atoms with Gasteiger partial charge in [0, 0.05) is 5.56 Å². The Balaban J connectivity index is 1.52. The smallest absolute Gasteiger partial charge is 0.251 e. The number of carbonyl (C=O) groups excluding carboxylic acids is 1. The molecule has 134 valence electrons. The molecule has 0 aliphatic carbocycles. The Bertz CT molecular complexity index is 972. The van der Waals surface area contributed by atoms with E-state index in [0.29, 0.717) is 30.0 Å². The van der Waals surface area contributed by atoms with Crippen LogP contribution in [-0.4, -0.2) is 19.1 Å². The molecule has 4 nitrogen and oxygen atoms in total. The van der Waals surface area contributed by atoms with Crippen LogP contribution in [0.5, 0.6) is 5.75 Å². The van der Waals surface area contributed by atoms with Crippen LogP contribution in [0.15, 0.2) is 72.8 Å². The molecule has 0 spiro atoms. The molecule has 0 aliphatic heterocycles. The second-order valence-corrected chi connectivity index (χ2v) is 6.14. The molecule has 4 heteroatoms. The van der Waals surface area contributed by atoms with Crippen LogP contribution in [0.25, 0.3) is 11.1 Å². The van der Waals surface area contributed by atoms with Crippen molar-refractivity contribution in [3.63, 3.8) is 0 Å². The molecule has 3 aromatic carbocycles. The largest absolute Gasteiger partial charge is 0.492 e. The van der Waals surface area contributed by atoms with Gasteiger partial charge in [0.25, 0.3) is 5.91 Å². The van der Waals surface area contributed by atoms with E-state index in [4.69, 9.17) is 10.00 Å². The Morgan fingerprint density at radius 3 is 2.56 bits per heavy atom. The minimum Gasteiger partial charge on any atom is -0.492 e. The molecule has 0 heterocycles. The Hall–Kier alpha value is -3.58. The number of aryl methyl sites for hydroxylation is 1. The van der Waals surface area contributed by atoms with Gasteiger partial charge in [-0.3, -0.25) is 4.79 Å². The van der Waals surface area contributed by atoms with Crippen molar-refractivity contribution < 1.29 is 9.53 Å². The number of hydrogen-bond donors (Lipinski definition) is 1. The lowest BCUT2D eigenvalue weighted by Gasteiger charge is -2.09. The summed E-state index contributed by atoms with van der Waals surface area (Å²) in [5, 5.41) is 11.7. The highest BCUT2D eigenvalue weighted by atomic mass is 16.5. The molecule has 0 saturated heterocycles. The number of carbonyl (C=O) groups is 1. The van der Waals surface area contributed by atoms with Crippen molar-refractivity contribution in [2.75, 3.05) is 13.2 Å². The summed E-state index contributed by atoms with van der Waals surface area (Å²) in [6.45, 7) is 2.79. The van der Waals surface area contributed by atoms with E-state index in [1.54, 1.807) is 24.3 Å². The molecule has 0 atom stereocenters. The minimum absolute atomic E-state index is 0.138. The van der Waals surface area contributed by atoms with Gasteiger partial charge in [0.15, 0.2) is 0 Å². The molecule has 3 aromatic rings. The lowest BCUT2D eigenvalue weighted by atomic mass is 9.99. The minimum atomic E-state index is -0.138. The van der Waals surface area contributed by atoms with Gasteiger partial charge < -0.3 is 10.1 Å². The summed E-state index contributed by atoms with van der Waals surface area (Å²) in [5.74, 6) is 0.478. The van der Waals surface area contributed by atoms with Crippen LogP contribution in [0.4, 0.5) is 0 Å². The third kappa shape index (κ3) is 4.74. The zero-order chi connectivity index (χ0) is 19.1. The number of rotatable bonds is 6. The van der Waals surface area contributed by atoms with E-state index < -0.39 is 0 Å². The molecule has 0 fully saturated rings. The van der Waals surface area contributed by atoms with Crippen LogP contribution in [0, 0.1) is 18.3 Å². The summed E-state index contributed by atoms with van der Waals surface area (Å²) in [6, 6.07) is 24.7. The molecule has 0 aliphatic rings. The van der Waals surface area contributed by atoms with Gasteiger partial charge in [0.1, 0.15) is 12.4 Å². The fraction of sp³-hybridized carbons (Fsp3) is 0.130. The number of hydrogen-bond acceptors (Lipinski definition) is 3. The van der Waals surface area contributed by atoms with E-state index in [-0.39, 0.29) is 5.91 Å². The first kappa shape index (κ1) is 18.2. The quantitative estimate of drug-likeness (QED) is 0.668. The number of benzene rings is 3. The van der Waals surface area contributed by atoms with Crippen molar-refractivity contribution >= 4 is 5.91 Å². The summed E-state index contributed by atoms with van der Waals surface area (Å²) in [7, 11) is 0. The molecule has 1 N–H and O–H groups in total. The number of nitrogens with zero attached hydrogens (tertiary/aromatic N) is 1. The summed E-state index contributed by atoms with van der Waals surface area (Å²) in [6.07, 6.45) is 0. The first-order chi connectivity index (χ1) is 13.2. The monoisotopic (exact) mass is 356 g/mol. The molecular weight excluding hydrogens is 336 g/mol. The number of nitriles is 1. The summed E-state index contributed by atoms with van der Waals surface area (Å²) < 4.78 is 5.56. The second-order valence-electron chi connectivity index (χ2n) is 6.14. The standard InChI is InChI=1S/C23H20N2O2/c1-17-5-2-3-8-22(17)19-9-11-20(12-10-19)23(26)25-13-14-27-21-7-4-6-18(15-21)16-24/h2-12,15H,13-14H2,1H3,(H,25,26). The summed E-state index contributed by atoms with van der Waals surface area (Å²) in [5.41, 5.74) is 4.61. The third-order valence-electron chi connectivity index (χ3n) is 4.22. The van der Waals surface area contributed by atoms with Crippen LogP contribution in [0.2, 0.25) is 0 Å². The highest BCUT2D eigenvalue weighted by Crippen LogP contribution is 2.23. The molecule has 27 heavy (non-hydrogen) atoms. The first-order valence-corrected chi connectivity index (χ1v) is 8.74. The lowest BCUT2D eigenvalue weighted by Crippen LogP contribution is -2.28. The molecule has 0 radical (unpaired) electrons. The number of amides is 1. The van der Waals surface area contributed by atoms with Crippen molar-refractivity contribution in [2.24, 2.45) is 0 Å². The molecule has 3 rings (SSSR count). The molecule has 0 aromatic heterocycles. The van der Waals surface area contributed by atoms with Crippen LogP contribution in [-0.2, 0) is 0 Å². The first-order valence-electron chi connectivity index (χ1n) is 8.74. The van der Waals surface area contributed by atoms with E-state index in [9.17, 15) is 4.79 Å². The van der Waals surface area contributed by atoms with Crippen LogP contribution >= 0.6 is 0 Å². The van der Waals surface area contributed by atoms with E-state index in [1.807, 2.05) is 36.4 Å². The maximum absolute atomic E-state index is 12.3. The van der Waals surface area contributed by atoms with Gasteiger partial charge >= 0.3 is 0 Å². The lowest BCUT2D eigenvalue weighted by molar-refractivity contribution is 0.0947. The average molecular weight is 356 g/mol. The Morgan fingerprint density at radius 1 is 1.04 bits per heavy atom. The van der Waals surface area contributed by atoms with Gasteiger partial charge in [0.05, 0.1) is 18.2 Å². The Kier molecular flexibility index (Phi) is 5.86. The molecular formula is C23H20N2O2. The van der Waals surface area contributed by atoms with Gasteiger partial charge in [-0.05, 0) is 53.9 Å². The third-order valence-corrected chi connectivity index (χ3v) is 4.22. The predicted molar refractivity (Wildman–Crippen MR) is 106 cm³/mol. The number of nitrogens with one attached hydrogen (secondary N) is 1. The zero-order valence-corrected chi connectivity index (χ0v) is 15.1. The fourth-order valence-electron chi connectivity index (χ4n) is 2.79. The van der Waals surface area contributed by atoms with Gasteiger partial charge in [-0.2, -0.15) is 5.26 Å². The second kappa shape index (κ2) is 8.68. The van der Waals surface area contributed by atoms with E-state index >= 15 is 0 Å². The summed E-state index contributed by atoms with van der Waals surface area (Å²) >= 11 is 0. The molecule has 0 saturated carbocycles. The van der Waals surface area contributed by atoms with Gasteiger partial charge in [-0.1, -0.05) is 42.5 Å². The van der Waals surface area contributed by atoms with Gasteiger partial charge in [0.2, 0.25) is 0 Å². The van der Waals surface area contributed by atoms with Crippen LogP contribution in [0.3, 0.4) is 0 Å². The molecule has 0 unspecified atom stereocenters.